The van der Waals surface area contributed by atoms with Crippen LogP contribution in [-0.2, 0) is 9.53 Å². The maximum Gasteiger partial charge on any atom is 0.305 e. The number of hydrogen-bond donors (Lipinski definition) is 2. The van der Waals surface area contributed by atoms with Crippen LogP contribution in [0, 0.1) is 0 Å². The molecule has 0 unspecified atom stereocenters. The average Bonchev–Trinajstić information content (AvgIpc) is 1.99. The number of aliphatic hydroxyl groups is 2. The lowest BCUT2D eigenvalue weighted by atomic mass is 10.4. The fourth-order valence-electron chi connectivity index (χ4n) is 0.344. The van der Waals surface area contributed by atoms with Crippen molar-refractivity contribution in [2.75, 3.05) is 13.2 Å². The van der Waals surface area contributed by atoms with Gasteiger partial charge < -0.3 is 14.9 Å². The SMILES string of the molecule is CCC(=O)OC[C@H](O)CO. The number of ether oxygens (including phenoxy) is 1. The van der Waals surface area contributed by atoms with Crippen molar-refractivity contribution >= 4 is 5.97 Å². The predicted molar refractivity (Wildman–Crippen MR) is 34.3 cm³/mol. The van der Waals surface area contributed by atoms with Crippen molar-refractivity contribution in [1.29, 1.82) is 0 Å². The molecule has 0 spiro atoms. The van der Waals surface area contributed by atoms with E-state index in [1.165, 1.54) is 0 Å². The highest BCUT2D eigenvalue weighted by Gasteiger charge is 2.04. The van der Waals surface area contributed by atoms with Crippen LogP contribution in [-0.4, -0.2) is 35.5 Å². The van der Waals surface area contributed by atoms with E-state index in [-0.39, 0.29) is 25.6 Å². The molecule has 0 saturated heterocycles. The first-order valence-electron chi connectivity index (χ1n) is 3.15. The Bertz CT molecular complexity index is 102. The Morgan fingerprint density at radius 3 is 2.70 bits per heavy atom. The van der Waals surface area contributed by atoms with E-state index in [2.05, 4.69) is 4.74 Å². The number of aliphatic hydroxyl groups excluding tert-OH is 2. The highest BCUT2D eigenvalue weighted by molar-refractivity contribution is 5.68. The van der Waals surface area contributed by atoms with Crippen LogP contribution in [0.2, 0.25) is 0 Å². The van der Waals surface area contributed by atoms with E-state index in [1.807, 2.05) is 0 Å². The lowest BCUT2D eigenvalue weighted by Crippen LogP contribution is -2.21. The van der Waals surface area contributed by atoms with Crippen LogP contribution in [0.4, 0.5) is 0 Å². The highest BCUT2D eigenvalue weighted by atomic mass is 16.5. The quantitative estimate of drug-likeness (QED) is 0.517. The van der Waals surface area contributed by atoms with Crippen molar-refractivity contribution < 1.29 is 19.7 Å². The number of carbonyl (C=O) groups excluding carboxylic acids is 1. The van der Waals surface area contributed by atoms with Gasteiger partial charge in [0.25, 0.3) is 0 Å². The van der Waals surface area contributed by atoms with Crippen molar-refractivity contribution in [3.05, 3.63) is 0 Å². The van der Waals surface area contributed by atoms with Crippen LogP contribution >= 0.6 is 0 Å². The molecule has 10 heavy (non-hydrogen) atoms. The molecule has 0 aromatic carbocycles. The maximum atomic E-state index is 10.4. The summed E-state index contributed by atoms with van der Waals surface area (Å²) in [4.78, 5) is 10.4. The first-order chi connectivity index (χ1) is 4.70. The Kier molecular flexibility index (Phi) is 4.88. The van der Waals surface area contributed by atoms with Gasteiger partial charge >= 0.3 is 5.97 Å². The van der Waals surface area contributed by atoms with E-state index < -0.39 is 6.10 Å². The minimum Gasteiger partial charge on any atom is -0.463 e. The monoisotopic (exact) mass is 148 g/mol. The number of esters is 1. The second-order valence-corrected chi connectivity index (χ2v) is 1.87. The molecule has 0 aromatic heterocycles. The number of hydrogen-bond acceptors (Lipinski definition) is 4. The van der Waals surface area contributed by atoms with Gasteiger partial charge in [-0.2, -0.15) is 0 Å². The molecular formula is C6H12O4. The molecule has 0 amide bonds. The van der Waals surface area contributed by atoms with Gasteiger partial charge in [-0.25, -0.2) is 0 Å². The second kappa shape index (κ2) is 5.20. The molecule has 0 saturated carbocycles. The van der Waals surface area contributed by atoms with E-state index in [0.29, 0.717) is 0 Å². The van der Waals surface area contributed by atoms with Crippen molar-refractivity contribution in [3.63, 3.8) is 0 Å². The molecular weight excluding hydrogens is 136 g/mol. The smallest absolute Gasteiger partial charge is 0.305 e. The standard InChI is InChI=1S/C6H12O4/c1-2-6(9)10-4-5(8)3-7/h5,7-8H,2-4H2,1H3/t5-/m1/s1. The molecule has 0 rings (SSSR count). The van der Waals surface area contributed by atoms with Crippen LogP contribution in [0.1, 0.15) is 13.3 Å². The molecule has 0 bridgehead atoms. The zero-order chi connectivity index (χ0) is 7.98. The lowest BCUT2D eigenvalue weighted by molar-refractivity contribution is -0.146. The van der Waals surface area contributed by atoms with Gasteiger partial charge in [0.2, 0.25) is 0 Å². The van der Waals surface area contributed by atoms with Gasteiger partial charge in [0, 0.05) is 6.42 Å². The van der Waals surface area contributed by atoms with E-state index in [1.54, 1.807) is 6.92 Å². The third-order valence-corrected chi connectivity index (χ3v) is 0.936. The summed E-state index contributed by atoms with van der Waals surface area (Å²) >= 11 is 0. The van der Waals surface area contributed by atoms with Crippen LogP contribution in [0.15, 0.2) is 0 Å². The molecule has 60 valence electrons. The van der Waals surface area contributed by atoms with Crippen LogP contribution in [0.3, 0.4) is 0 Å². The van der Waals surface area contributed by atoms with Gasteiger partial charge in [-0.05, 0) is 0 Å². The molecule has 2 N–H and O–H groups in total. The predicted octanol–water partition coefficient (Wildman–Crippen LogP) is -0.707. The van der Waals surface area contributed by atoms with E-state index >= 15 is 0 Å². The van der Waals surface area contributed by atoms with Crippen LogP contribution < -0.4 is 0 Å². The van der Waals surface area contributed by atoms with Gasteiger partial charge in [-0.3, -0.25) is 4.79 Å². The van der Waals surface area contributed by atoms with Gasteiger partial charge in [0.1, 0.15) is 12.7 Å². The zero-order valence-corrected chi connectivity index (χ0v) is 5.91. The van der Waals surface area contributed by atoms with Gasteiger partial charge in [-0.1, -0.05) is 6.92 Å². The minimum atomic E-state index is -0.949. The Hall–Kier alpha value is -0.610. The molecule has 0 aromatic rings. The van der Waals surface area contributed by atoms with Gasteiger partial charge in [0.05, 0.1) is 6.61 Å². The lowest BCUT2D eigenvalue weighted by Gasteiger charge is -2.06. The third kappa shape index (κ3) is 4.29. The molecule has 0 aliphatic carbocycles. The van der Waals surface area contributed by atoms with Crippen molar-refractivity contribution in [3.8, 4) is 0 Å². The van der Waals surface area contributed by atoms with Crippen molar-refractivity contribution in [2.45, 2.75) is 19.4 Å². The first-order valence-corrected chi connectivity index (χ1v) is 3.15. The van der Waals surface area contributed by atoms with Crippen LogP contribution in [0.25, 0.3) is 0 Å². The molecule has 0 aliphatic rings. The molecule has 0 fully saturated rings. The summed E-state index contributed by atoms with van der Waals surface area (Å²) in [5.41, 5.74) is 0. The summed E-state index contributed by atoms with van der Waals surface area (Å²) in [5, 5.41) is 17.0. The van der Waals surface area contributed by atoms with Crippen molar-refractivity contribution in [2.24, 2.45) is 0 Å². The summed E-state index contributed by atoms with van der Waals surface area (Å²) < 4.78 is 4.49. The molecule has 4 heteroatoms. The maximum absolute atomic E-state index is 10.4. The Morgan fingerprint density at radius 2 is 2.30 bits per heavy atom. The molecule has 1 atom stereocenters. The van der Waals surface area contributed by atoms with Crippen LogP contribution in [0.5, 0.6) is 0 Å². The summed E-state index contributed by atoms with van der Waals surface area (Å²) in [6.45, 7) is 1.16. The topological polar surface area (TPSA) is 66.8 Å². The Labute approximate surface area is 59.4 Å². The number of rotatable bonds is 4. The van der Waals surface area contributed by atoms with E-state index in [0.717, 1.165) is 0 Å². The molecule has 0 heterocycles. The summed E-state index contributed by atoms with van der Waals surface area (Å²) in [5.74, 6) is -0.368. The second-order valence-electron chi connectivity index (χ2n) is 1.87. The minimum absolute atomic E-state index is 0.122. The Balaban J connectivity index is 3.26. The highest BCUT2D eigenvalue weighted by Crippen LogP contribution is 1.87. The van der Waals surface area contributed by atoms with E-state index in [9.17, 15) is 4.79 Å². The van der Waals surface area contributed by atoms with E-state index in [4.69, 9.17) is 10.2 Å². The first kappa shape index (κ1) is 9.39. The summed E-state index contributed by atoms with van der Waals surface area (Å²) in [7, 11) is 0. The van der Waals surface area contributed by atoms with Gasteiger partial charge in [-0.15, -0.1) is 0 Å². The Morgan fingerprint density at radius 1 is 1.70 bits per heavy atom. The zero-order valence-electron chi connectivity index (χ0n) is 5.91. The molecule has 4 nitrogen and oxygen atoms in total. The van der Waals surface area contributed by atoms with Gasteiger partial charge in [0.15, 0.2) is 0 Å². The number of carbonyl (C=O) groups is 1. The fraction of sp³-hybridized carbons (Fsp3) is 0.833. The molecule has 0 aliphatic heterocycles. The molecule has 0 radical (unpaired) electrons. The summed E-state index contributed by atoms with van der Waals surface area (Å²) in [6.07, 6.45) is -0.659. The largest absolute Gasteiger partial charge is 0.463 e. The average molecular weight is 148 g/mol. The normalized spacial score (nSPS) is 12.7. The third-order valence-electron chi connectivity index (χ3n) is 0.936. The summed E-state index contributed by atoms with van der Waals surface area (Å²) in [6, 6.07) is 0. The fourth-order valence-corrected chi connectivity index (χ4v) is 0.344. The van der Waals surface area contributed by atoms with Crippen molar-refractivity contribution in [1.82, 2.24) is 0 Å².